The molecule has 58 valence electrons. The standard InChI is InChI=1S/C6H11N3.ClH/c1-4-3-8-9-6(4)5(2)7;/h3,5H,7H2,1-2H3,(H,8,9);1H. The van der Waals surface area contributed by atoms with Crippen LogP contribution in [0.25, 0.3) is 0 Å². The number of halogens is 1. The van der Waals surface area contributed by atoms with Gasteiger partial charge < -0.3 is 5.73 Å². The molecule has 1 heterocycles. The molecule has 0 aromatic carbocycles. The molecule has 1 rings (SSSR count). The quantitative estimate of drug-likeness (QED) is 0.650. The normalized spacial score (nSPS) is 12.3. The van der Waals surface area contributed by atoms with Gasteiger partial charge in [-0.2, -0.15) is 5.10 Å². The second-order valence-corrected chi connectivity index (χ2v) is 2.26. The van der Waals surface area contributed by atoms with Gasteiger partial charge in [-0.3, -0.25) is 5.10 Å². The van der Waals surface area contributed by atoms with Crippen molar-refractivity contribution in [2.45, 2.75) is 19.9 Å². The van der Waals surface area contributed by atoms with Gasteiger partial charge in [0.25, 0.3) is 0 Å². The van der Waals surface area contributed by atoms with E-state index in [4.69, 9.17) is 5.73 Å². The van der Waals surface area contributed by atoms with E-state index in [0.29, 0.717) is 0 Å². The minimum Gasteiger partial charge on any atom is -0.323 e. The first-order chi connectivity index (χ1) is 4.22. The third kappa shape index (κ3) is 1.72. The van der Waals surface area contributed by atoms with Crippen LogP contribution < -0.4 is 5.73 Å². The lowest BCUT2D eigenvalue weighted by Gasteiger charge is -2.00. The highest BCUT2D eigenvalue weighted by Gasteiger charge is 2.02. The Hall–Kier alpha value is -0.540. The Morgan fingerprint density at radius 3 is 2.50 bits per heavy atom. The Labute approximate surface area is 66.4 Å². The minimum atomic E-state index is 0. The Morgan fingerprint density at radius 2 is 2.30 bits per heavy atom. The average Bonchev–Trinajstić information content (AvgIpc) is 2.13. The second kappa shape index (κ2) is 3.58. The molecule has 10 heavy (non-hydrogen) atoms. The lowest BCUT2D eigenvalue weighted by atomic mass is 10.2. The summed E-state index contributed by atoms with van der Waals surface area (Å²) < 4.78 is 0. The summed E-state index contributed by atoms with van der Waals surface area (Å²) in [6.45, 7) is 3.92. The molecule has 0 bridgehead atoms. The van der Waals surface area contributed by atoms with E-state index in [1.165, 1.54) is 0 Å². The van der Waals surface area contributed by atoms with Crippen LogP contribution >= 0.6 is 12.4 Å². The molecule has 3 nitrogen and oxygen atoms in total. The molecule has 3 N–H and O–H groups in total. The van der Waals surface area contributed by atoms with E-state index >= 15 is 0 Å². The number of hydrogen-bond donors (Lipinski definition) is 2. The summed E-state index contributed by atoms with van der Waals surface area (Å²) in [7, 11) is 0. The zero-order valence-corrected chi connectivity index (χ0v) is 6.90. The molecule has 0 aliphatic rings. The smallest absolute Gasteiger partial charge is 0.0545 e. The van der Waals surface area contributed by atoms with Crippen molar-refractivity contribution < 1.29 is 0 Å². The molecule has 0 saturated carbocycles. The molecule has 1 aromatic rings. The van der Waals surface area contributed by atoms with Crippen molar-refractivity contribution in [3.63, 3.8) is 0 Å². The first-order valence-electron chi connectivity index (χ1n) is 2.97. The number of H-pyrrole nitrogens is 1. The Balaban J connectivity index is 0.000000810. The molecular weight excluding hydrogens is 150 g/mol. The monoisotopic (exact) mass is 161 g/mol. The van der Waals surface area contributed by atoms with Gasteiger partial charge in [0.05, 0.1) is 11.9 Å². The number of nitrogens with one attached hydrogen (secondary N) is 1. The number of rotatable bonds is 1. The van der Waals surface area contributed by atoms with Crippen LogP contribution in [0.2, 0.25) is 0 Å². The maximum absolute atomic E-state index is 5.59. The second-order valence-electron chi connectivity index (χ2n) is 2.26. The molecule has 0 saturated heterocycles. The number of aromatic nitrogens is 2. The molecule has 0 spiro atoms. The van der Waals surface area contributed by atoms with Crippen LogP contribution in [-0.4, -0.2) is 10.2 Å². The van der Waals surface area contributed by atoms with Crippen LogP contribution in [0.3, 0.4) is 0 Å². The maximum Gasteiger partial charge on any atom is 0.0545 e. The van der Waals surface area contributed by atoms with Gasteiger partial charge in [0.1, 0.15) is 0 Å². The van der Waals surface area contributed by atoms with E-state index in [0.717, 1.165) is 11.3 Å². The van der Waals surface area contributed by atoms with Crippen molar-refractivity contribution in [1.29, 1.82) is 0 Å². The van der Waals surface area contributed by atoms with Crippen molar-refractivity contribution in [2.24, 2.45) is 5.73 Å². The summed E-state index contributed by atoms with van der Waals surface area (Å²) >= 11 is 0. The van der Waals surface area contributed by atoms with Crippen molar-refractivity contribution in [2.75, 3.05) is 0 Å². The first kappa shape index (κ1) is 9.46. The number of hydrogen-bond acceptors (Lipinski definition) is 2. The highest BCUT2D eigenvalue weighted by Crippen LogP contribution is 2.09. The highest BCUT2D eigenvalue weighted by atomic mass is 35.5. The third-order valence-corrected chi connectivity index (χ3v) is 1.32. The predicted octanol–water partition coefficient (Wildman–Crippen LogP) is 1.16. The zero-order chi connectivity index (χ0) is 6.85. The Morgan fingerprint density at radius 1 is 1.70 bits per heavy atom. The summed E-state index contributed by atoms with van der Waals surface area (Å²) in [4.78, 5) is 0. The van der Waals surface area contributed by atoms with Crippen molar-refractivity contribution in [1.82, 2.24) is 10.2 Å². The predicted molar refractivity (Wildman–Crippen MR) is 43.2 cm³/mol. The van der Waals surface area contributed by atoms with Crippen LogP contribution in [0.5, 0.6) is 0 Å². The summed E-state index contributed by atoms with van der Waals surface area (Å²) in [5.74, 6) is 0. The topological polar surface area (TPSA) is 54.7 Å². The molecular formula is C6H12ClN3. The fourth-order valence-corrected chi connectivity index (χ4v) is 0.817. The van der Waals surface area contributed by atoms with Crippen LogP contribution in [-0.2, 0) is 0 Å². The van der Waals surface area contributed by atoms with E-state index in [9.17, 15) is 0 Å². The van der Waals surface area contributed by atoms with Gasteiger partial charge in [0.2, 0.25) is 0 Å². The highest BCUT2D eigenvalue weighted by molar-refractivity contribution is 5.85. The van der Waals surface area contributed by atoms with Crippen LogP contribution in [0.15, 0.2) is 6.20 Å². The molecule has 1 unspecified atom stereocenters. The van der Waals surface area contributed by atoms with E-state index in [2.05, 4.69) is 10.2 Å². The van der Waals surface area contributed by atoms with Gasteiger partial charge in [-0.1, -0.05) is 0 Å². The number of nitrogens with two attached hydrogens (primary N) is 1. The molecule has 1 aromatic heterocycles. The molecule has 4 heteroatoms. The number of aromatic amines is 1. The number of aryl methyl sites for hydroxylation is 1. The first-order valence-corrected chi connectivity index (χ1v) is 2.97. The van der Waals surface area contributed by atoms with E-state index in [-0.39, 0.29) is 18.4 Å². The van der Waals surface area contributed by atoms with Crippen molar-refractivity contribution in [3.8, 4) is 0 Å². The summed E-state index contributed by atoms with van der Waals surface area (Å²) in [5.41, 5.74) is 7.74. The summed E-state index contributed by atoms with van der Waals surface area (Å²) in [6.07, 6.45) is 1.78. The van der Waals surface area contributed by atoms with Gasteiger partial charge >= 0.3 is 0 Å². The van der Waals surface area contributed by atoms with Gasteiger partial charge in [-0.25, -0.2) is 0 Å². The van der Waals surface area contributed by atoms with Gasteiger partial charge in [0.15, 0.2) is 0 Å². The molecule has 0 aliphatic carbocycles. The van der Waals surface area contributed by atoms with Gasteiger partial charge in [-0.05, 0) is 19.4 Å². The third-order valence-electron chi connectivity index (χ3n) is 1.32. The van der Waals surface area contributed by atoms with E-state index in [1.807, 2.05) is 13.8 Å². The van der Waals surface area contributed by atoms with Gasteiger partial charge in [-0.15, -0.1) is 12.4 Å². The molecule has 0 amide bonds. The fourth-order valence-electron chi connectivity index (χ4n) is 0.817. The zero-order valence-electron chi connectivity index (χ0n) is 6.09. The largest absolute Gasteiger partial charge is 0.323 e. The van der Waals surface area contributed by atoms with Crippen LogP contribution in [0.4, 0.5) is 0 Å². The van der Waals surface area contributed by atoms with Crippen LogP contribution in [0.1, 0.15) is 24.2 Å². The fraction of sp³-hybridized carbons (Fsp3) is 0.500. The minimum absolute atomic E-state index is 0. The van der Waals surface area contributed by atoms with Gasteiger partial charge in [0, 0.05) is 6.04 Å². The SMILES string of the molecule is Cc1cn[nH]c1C(C)N.Cl. The maximum atomic E-state index is 5.59. The van der Waals surface area contributed by atoms with E-state index in [1.54, 1.807) is 6.20 Å². The molecule has 0 radical (unpaired) electrons. The number of nitrogens with zero attached hydrogens (tertiary/aromatic N) is 1. The lowest BCUT2D eigenvalue weighted by molar-refractivity contribution is 0.766. The molecule has 1 atom stereocenters. The summed E-state index contributed by atoms with van der Waals surface area (Å²) in [6, 6.07) is 0.0625. The lowest BCUT2D eigenvalue weighted by Crippen LogP contribution is -2.06. The van der Waals surface area contributed by atoms with Crippen molar-refractivity contribution >= 4 is 12.4 Å². The molecule has 0 fully saturated rings. The average molecular weight is 162 g/mol. The Kier molecular flexibility index (Phi) is 3.39. The Bertz CT molecular complexity index is 195. The molecule has 0 aliphatic heterocycles. The summed E-state index contributed by atoms with van der Waals surface area (Å²) in [5, 5.41) is 6.67. The van der Waals surface area contributed by atoms with Crippen LogP contribution in [0, 0.1) is 6.92 Å². The van der Waals surface area contributed by atoms with Crippen molar-refractivity contribution in [3.05, 3.63) is 17.5 Å². The van der Waals surface area contributed by atoms with E-state index < -0.39 is 0 Å².